The van der Waals surface area contributed by atoms with Crippen LogP contribution in [-0.4, -0.2) is 45.9 Å². The number of carbonyl (C=O) groups excluding carboxylic acids is 3. The van der Waals surface area contributed by atoms with E-state index in [0.717, 1.165) is 26.4 Å². The van der Waals surface area contributed by atoms with Crippen LogP contribution in [0.15, 0.2) is 47.4 Å². The summed E-state index contributed by atoms with van der Waals surface area (Å²) in [7, 11) is 0. The van der Waals surface area contributed by atoms with E-state index < -0.39 is 5.25 Å². The second-order valence-corrected chi connectivity index (χ2v) is 10.2. The zero-order valence-corrected chi connectivity index (χ0v) is 19.1. The van der Waals surface area contributed by atoms with Gasteiger partial charge in [0.2, 0.25) is 17.7 Å². The number of carbonyl (C=O) groups is 3. The van der Waals surface area contributed by atoms with Crippen molar-refractivity contribution >= 4 is 61.9 Å². The number of anilines is 2. The first kappa shape index (κ1) is 21.0. The van der Waals surface area contributed by atoms with Crippen molar-refractivity contribution in [1.29, 1.82) is 0 Å². The van der Waals surface area contributed by atoms with Crippen molar-refractivity contribution in [3.8, 4) is 0 Å². The lowest BCUT2D eigenvalue weighted by Gasteiger charge is -2.34. The van der Waals surface area contributed by atoms with E-state index in [1.54, 1.807) is 4.90 Å². The third-order valence-electron chi connectivity index (χ3n) is 5.80. The molecule has 0 spiro atoms. The van der Waals surface area contributed by atoms with Crippen LogP contribution in [0.4, 0.5) is 10.8 Å². The Morgan fingerprint density at radius 3 is 2.75 bits per heavy atom. The van der Waals surface area contributed by atoms with Gasteiger partial charge in [-0.05, 0) is 49.6 Å². The van der Waals surface area contributed by atoms with Crippen molar-refractivity contribution in [2.45, 2.75) is 29.9 Å². The number of para-hydroxylation sites is 1. The molecule has 32 heavy (non-hydrogen) atoms. The zero-order valence-electron chi connectivity index (χ0n) is 17.5. The number of aromatic nitrogens is 1. The summed E-state index contributed by atoms with van der Waals surface area (Å²) in [6.45, 7) is 2.95. The predicted molar refractivity (Wildman–Crippen MR) is 127 cm³/mol. The van der Waals surface area contributed by atoms with Crippen LogP contribution in [0.3, 0.4) is 0 Å². The van der Waals surface area contributed by atoms with E-state index >= 15 is 0 Å². The molecule has 0 saturated carbocycles. The van der Waals surface area contributed by atoms with Gasteiger partial charge in [0.15, 0.2) is 10.4 Å². The van der Waals surface area contributed by atoms with Crippen molar-refractivity contribution < 1.29 is 14.4 Å². The Labute approximate surface area is 193 Å². The number of amides is 3. The molecular formula is C23H22N4O3S2. The van der Waals surface area contributed by atoms with E-state index in [0.29, 0.717) is 31.1 Å². The van der Waals surface area contributed by atoms with Gasteiger partial charge in [0.05, 0.1) is 15.9 Å². The summed E-state index contributed by atoms with van der Waals surface area (Å²) >= 11 is 2.76. The molecule has 3 amide bonds. The van der Waals surface area contributed by atoms with Crippen LogP contribution in [0.25, 0.3) is 10.2 Å². The third-order valence-corrected chi connectivity index (χ3v) is 8.00. The molecule has 0 bridgehead atoms. The quantitative estimate of drug-likeness (QED) is 0.572. The van der Waals surface area contributed by atoms with Crippen LogP contribution in [0, 0.1) is 12.8 Å². The largest absolute Gasteiger partial charge is 0.341 e. The van der Waals surface area contributed by atoms with E-state index in [1.807, 2.05) is 43.3 Å². The molecule has 7 nitrogen and oxygen atoms in total. The first-order chi connectivity index (χ1) is 15.5. The van der Waals surface area contributed by atoms with Crippen LogP contribution >= 0.6 is 23.1 Å². The molecule has 0 radical (unpaired) electrons. The zero-order chi connectivity index (χ0) is 22.2. The topological polar surface area (TPSA) is 91.4 Å². The second-order valence-electron chi connectivity index (χ2n) is 8.06. The highest BCUT2D eigenvalue weighted by Crippen LogP contribution is 2.36. The van der Waals surface area contributed by atoms with Crippen molar-refractivity contribution in [3.63, 3.8) is 0 Å². The molecule has 1 unspecified atom stereocenters. The molecule has 1 atom stereocenters. The summed E-state index contributed by atoms with van der Waals surface area (Å²) in [4.78, 5) is 45.3. The fraction of sp³-hybridized carbons (Fsp3) is 0.304. The van der Waals surface area contributed by atoms with Crippen molar-refractivity contribution in [2.24, 2.45) is 5.92 Å². The van der Waals surface area contributed by atoms with Gasteiger partial charge in [0.1, 0.15) is 0 Å². The number of benzene rings is 2. The van der Waals surface area contributed by atoms with E-state index in [-0.39, 0.29) is 23.6 Å². The molecule has 0 aliphatic carbocycles. The van der Waals surface area contributed by atoms with Gasteiger partial charge in [-0.2, -0.15) is 0 Å². The van der Waals surface area contributed by atoms with E-state index in [1.165, 1.54) is 23.1 Å². The number of nitrogens with zero attached hydrogens (tertiary/aromatic N) is 2. The number of likely N-dealkylation sites (tertiary alicyclic amines) is 1. The number of aryl methyl sites for hydroxylation is 1. The molecule has 1 saturated heterocycles. The predicted octanol–water partition coefficient (Wildman–Crippen LogP) is 3.89. The average Bonchev–Trinajstić information content (AvgIpc) is 3.19. The van der Waals surface area contributed by atoms with Gasteiger partial charge in [-0.3, -0.25) is 14.4 Å². The van der Waals surface area contributed by atoms with E-state index in [9.17, 15) is 14.4 Å². The average molecular weight is 467 g/mol. The first-order valence-corrected chi connectivity index (χ1v) is 12.2. The number of hydrogen-bond acceptors (Lipinski definition) is 6. The second kappa shape index (κ2) is 8.55. The molecule has 2 aliphatic rings. The fourth-order valence-electron chi connectivity index (χ4n) is 4.03. The lowest BCUT2D eigenvalue weighted by atomic mass is 9.95. The normalized spacial score (nSPS) is 18.8. The fourth-order valence-corrected chi connectivity index (χ4v) is 6.07. The highest BCUT2D eigenvalue weighted by molar-refractivity contribution is 8.01. The number of hydrogen-bond donors (Lipinski definition) is 2. The Kier molecular flexibility index (Phi) is 5.60. The standard InChI is InChI=1S/C23H22N4O3S2/c1-13-6-7-16-18(12-13)32-23(25-16)26-20(28)14-8-10-27(11-9-14)22(30)19-21(29)24-15-4-2-3-5-17(15)31-19/h2-7,12,14,19H,8-11H2,1H3,(H,24,29)(H,25,26,28). The molecule has 2 aromatic carbocycles. The van der Waals surface area contributed by atoms with Crippen molar-refractivity contribution in [1.82, 2.24) is 9.88 Å². The highest BCUT2D eigenvalue weighted by atomic mass is 32.2. The molecule has 9 heteroatoms. The smallest absolute Gasteiger partial charge is 0.247 e. The molecule has 3 aromatic rings. The van der Waals surface area contributed by atoms with Gasteiger partial charge in [0, 0.05) is 23.9 Å². The summed E-state index contributed by atoms with van der Waals surface area (Å²) in [6, 6.07) is 13.5. The van der Waals surface area contributed by atoms with Crippen LogP contribution in [0.5, 0.6) is 0 Å². The van der Waals surface area contributed by atoms with Crippen LogP contribution in [-0.2, 0) is 14.4 Å². The minimum absolute atomic E-state index is 0.0633. The van der Waals surface area contributed by atoms with Gasteiger partial charge in [0.25, 0.3) is 0 Å². The highest BCUT2D eigenvalue weighted by Gasteiger charge is 2.37. The van der Waals surface area contributed by atoms with Gasteiger partial charge < -0.3 is 15.5 Å². The molecular weight excluding hydrogens is 444 g/mol. The first-order valence-electron chi connectivity index (χ1n) is 10.5. The summed E-state index contributed by atoms with van der Waals surface area (Å²) < 4.78 is 1.05. The summed E-state index contributed by atoms with van der Waals surface area (Å²) in [5.41, 5.74) is 2.78. The number of rotatable bonds is 3. The Morgan fingerprint density at radius 1 is 1.16 bits per heavy atom. The number of thiazole rings is 1. The Balaban J connectivity index is 1.18. The van der Waals surface area contributed by atoms with Gasteiger partial charge in [-0.1, -0.05) is 29.5 Å². The monoisotopic (exact) mass is 466 g/mol. The van der Waals surface area contributed by atoms with Crippen molar-refractivity contribution in [3.05, 3.63) is 48.0 Å². The third kappa shape index (κ3) is 4.10. The SMILES string of the molecule is Cc1ccc2nc(NC(=O)C3CCN(C(=O)C4Sc5ccccc5NC4=O)CC3)sc2c1. The summed E-state index contributed by atoms with van der Waals surface area (Å²) in [6.07, 6.45) is 1.13. The van der Waals surface area contributed by atoms with Crippen LogP contribution < -0.4 is 10.6 Å². The minimum Gasteiger partial charge on any atom is -0.341 e. The summed E-state index contributed by atoms with van der Waals surface area (Å²) in [5.74, 6) is -0.722. The molecule has 5 rings (SSSR count). The summed E-state index contributed by atoms with van der Waals surface area (Å²) in [5, 5.41) is 5.57. The number of fused-ring (bicyclic) bond motifs is 2. The Bertz CT molecular complexity index is 1220. The molecule has 2 aliphatic heterocycles. The lowest BCUT2D eigenvalue weighted by molar-refractivity contribution is -0.136. The van der Waals surface area contributed by atoms with Gasteiger partial charge >= 0.3 is 0 Å². The van der Waals surface area contributed by atoms with Crippen molar-refractivity contribution in [2.75, 3.05) is 23.7 Å². The Hall–Kier alpha value is -2.91. The Morgan fingerprint density at radius 2 is 1.94 bits per heavy atom. The lowest BCUT2D eigenvalue weighted by Crippen LogP contribution is -2.48. The van der Waals surface area contributed by atoms with Gasteiger partial charge in [-0.15, -0.1) is 11.8 Å². The number of piperidine rings is 1. The van der Waals surface area contributed by atoms with Gasteiger partial charge in [-0.25, -0.2) is 4.98 Å². The van der Waals surface area contributed by atoms with Crippen LogP contribution in [0.1, 0.15) is 18.4 Å². The maximum absolute atomic E-state index is 13.0. The molecule has 3 heterocycles. The number of thioether (sulfide) groups is 1. The molecule has 2 N–H and O–H groups in total. The maximum Gasteiger partial charge on any atom is 0.247 e. The number of nitrogens with one attached hydrogen (secondary N) is 2. The minimum atomic E-state index is -0.790. The van der Waals surface area contributed by atoms with Crippen LogP contribution in [0.2, 0.25) is 0 Å². The maximum atomic E-state index is 13.0. The van der Waals surface area contributed by atoms with E-state index in [4.69, 9.17) is 0 Å². The molecule has 164 valence electrons. The molecule has 1 fully saturated rings. The van der Waals surface area contributed by atoms with E-state index in [2.05, 4.69) is 21.7 Å². The molecule has 1 aromatic heterocycles.